The van der Waals surface area contributed by atoms with Crippen molar-refractivity contribution in [3.05, 3.63) is 23.3 Å². The van der Waals surface area contributed by atoms with Gasteiger partial charge in [-0.2, -0.15) is 0 Å². The lowest BCUT2D eigenvalue weighted by molar-refractivity contribution is 0.470. The molecule has 0 N–H and O–H groups in total. The molecule has 117 valence electrons. The van der Waals surface area contributed by atoms with Gasteiger partial charge in [0.2, 0.25) is 0 Å². The summed E-state index contributed by atoms with van der Waals surface area (Å²) in [6, 6.07) is 0. The molecule has 6 heteroatoms. The van der Waals surface area contributed by atoms with Gasteiger partial charge < -0.3 is 7.85 Å². The maximum Gasteiger partial charge on any atom is 0.157 e. The molecular formula is C15H21BF4Si-. The van der Waals surface area contributed by atoms with Gasteiger partial charge in [0.1, 0.15) is 19.7 Å². The minimum Gasteiger partial charge on any atom is -0.572 e. The Hall–Kier alpha value is -0.778. The summed E-state index contributed by atoms with van der Waals surface area (Å²) in [6.07, 6.45) is 0. The average Bonchev–Trinajstić information content (AvgIpc) is 2.37. The quantitative estimate of drug-likeness (QED) is 0.449. The number of hydrogen-bond donors (Lipinski definition) is 0. The molecule has 0 aromatic heterocycles. The summed E-state index contributed by atoms with van der Waals surface area (Å²) in [5, 5.41) is -0.397. The molecule has 0 atom stereocenters. The van der Waals surface area contributed by atoms with E-state index in [1.807, 2.05) is 41.5 Å². The first-order valence-electron chi connectivity index (χ1n) is 7.12. The predicted octanol–water partition coefficient (Wildman–Crippen LogP) is 3.92. The summed E-state index contributed by atoms with van der Waals surface area (Å²) in [7, 11) is 2.25. The Morgan fingerprint density at radius 3 is 1.19 bits per heavy atom. The fourth-order valence-corrected chi connectivity index (χ4v) is 10.6. The van der Waals surface area contributed by atoms with E-state index in [4.69, 9.17) is 7.85 Å². The Labute approximate surface area is 126 Å². The van der Waals surface area contributed by atoms with Crippen molar-refractivity contribution in [2.75, 3.05) is 0 Å². The number of hydrogen-bond acceptors (Lipinski definition) is 0. The first kappa shape index (κ1) is 18.3. The van der Waals surface area contributed by atoms with E-state index in [0.29, 0.717) is 0 Å². The number of rotatable bonds is 4. The molecular weight excluding hydrogens is 295 g/mol. The molecule has 0 fully saturated rings. The van der Waals surface area contributed by atoms with Gasteiger partial charge >= 0.3 is 0 Å². The zero-order valence-electron chi connectivity index (χ0n) is 13.3. The fraction of sp³-hybridized carbons (Fsp3) is 0.600. The molecule has 0 aliphatic rings. The Balaban J connectivity index is 3.93. The first-order valence-corrected chi connectivity index (χ1v) is 9.36. The summed E-state index contributed by atoms with van der Waals surface area (Å²) in [6.45, 7) is 11.2. The summed E-state index contributed by atoms with van der Waals surface area (Å²) >= 11 is 0. The molecule has 1 aromatic carbocycles. The highest BCUT2D eigenvalue weighted by molar-refractivity contribution is 6.95. The first-order chi connectivity index (χ1) is 9.51. The van der Waals surface area contributed by atoms with E-state index < -0.39 is 42.0 Å². The van der Waals surface area contributed by atoms with Crippen LogP contribution in [0.5, 0.6) is 0 Å². The van der Waals surface area contributed by atoms with E-state index >= 15 is 0 Å². The van der Waals surface area contributed by atoms with Crippen molar-refractivity contribution in [3.63, 3.8) is 0 Å². The molecule has 0 spiro atoms. The molecule has 0 saturated carbocycles. The van der Waals surface area contributed by atoms with Gasteiger partial charge in [0.25, 0.3) is 0 Å². The average molecular weight is 316 g/mol. The molecule has 1 rings (SSSR count). The summed E-state index contributed by atoms with van der Waals surface area (Å²) in [5.74, 6) is -5.62. The SMILES string of the molecule is [B-]c1c(F)c(F)c([Si](C(C)C)(C(C)C)C(C)C)c(F)c1F. The van der Waals surface area contributed by atoms with Gasteiger partial charge in [0.15, 0.2) is 11.6 Å². The van der Waals surface area contributed by atoms with Gasteiger partial charge in [-0.3, -0.25) is 0 Å². The third-order valence-electron chi connectivity index (χ3n) is 4.60. The summed E-state index contributed by atoms with van der Waals surface area (Å²) in [4.78, 5) is 0. The van der Waals surface area contributed by atoms with E-state index in [2.05, 4.69) is 0 Å². The van der Waals surface area contributed by atoms with Gasteiger partial charge in [0, 0.05) is 5.19 Å². The highest BCUT2D eigenvalue weighted by Gasteiger charge is 2.49. The lowest BCUT2D eigenvalue weighted by Gasteiger charge is -2.44. The third-order valence-corrected chi connectivity index (χ3v) is 11.6. The van der Waals surface area contributed by atoms with Crippen molar-refractivity contribution < 1.29 is 17.6 Å². The predicted molar refractivity (Wildman–Crippen MR) is 82.3 cm³/mol. The van der Waals surface area contributed by atoms with Crippen LogP contribution < -0.4 is 10.6 Å². The maximum absolute atomic E-state index is 14.5. The molecule has 3 radical (unpaired) electrons. The normalized spacial score (nSPS) is 12.9. The van der Waals surface area contributed by atoms with Crippen molar-refractivity contribution in [1.82, 2.24) is 0 Å². The van der Waals surface area contributed by atoms with Gasteiger partial charge in [0.05, 0.1) is 0 Å². The summed E-state index contributed by atoms with van der Waals surface area (Å²) in [5.41, 5.74) is -1.33. The van der Waals surface area contributed by atoms with Crippen LogP contribution in [0.4, 0.5) is 17.6 Å². The van der Waals surface area contributed by atoms with Crippen LogP contribution in [0.25, 0.3) is 0 Å². The highest BCUT2D eigenvalue weighted by atomic mass is 28.3. The second-order valence-electron chi connectivity index (χ2n) is 6.44. The van der Waals surface area contributed by atoms with Crippen LogP contribution in [-0.4, -0.2) is 15.9 Å². The highest BCUT2D eigenvalue weighted by Crippen LogP contribution is 2.42. The number of benzene rings is 1. The number of halogens is 4. The van der Waals surface area contributed by atoms with Crippen LogP contribution in [0.3, 0.4) is 0 Å². The van der Waals surface area contributed by atoms with E-state index in [9.17, 15) is 17.6 Å². The molecule has 0 amide bonds. The molecule has 0 aliphatic carbocycles. The topological polar surface area (TPSA) is 0 Å². The molecule has 21 heavy (non-hydrogen) atoms. The minimum absolute atomic E-state index is 0.0797. The minimum atomic E-state index is -2.86. The largest absolute Gasteiger partial charge is 0.572 e. The van der Waals surface area contributed by atoms with Crippen LogP contribution in [0.15, 0.2) is 0 Å². The van der Waals surface area contributed by atoms with E-state index in [0.717, 1.165) is 0 Å². The van der Waals surface area contributed by atoms with Crippen molar-refractivity contribution >= 4 is 26.6 Å². The van der Waals surface area contributed by atoms with E-state index in [-0.39, 0.29) is 16.6 Å². The standard InChI is InChI=1S/C15H21BF4Si/c1-7(2)21(8(3)4,9(5)6)15-13(19)11(17)10(16)12(18)14(15)20/h7-9H,1-6H3/q-1. The fourth-order valence-electron chi connectivity index (χ4n) is 3.89. The Morgan fingerprint density at radius 2 is 0.952 bits per heavy atom. The molecule has 0 unspecified atom stereocenters. The molecule has 0 aliphatic heterocycles. The van der Waals surface area contributed by atoms with Crippen molar-refractivity contribution in [1.29, 1.82) is 0 Å². The van der Waals surface area contributed by atoms with Crippen LogP contribution in [0.1, 0.15) is 41.5 Å². The Kier molecular flexibility index (Phi) is 5.35. The molecule has 0 bridgehead atoms. The third kappa shape index (κ3) is 2.56. The van der Waals surface area contributed by atoms with Crippen molar-refractivity contribution in [3.8, 4) is 0 Å². The Morgan fingerprint density at radius 1 is 0.667 bits per heavy atom. The van der Waals surface area contributed by atoms with Crippen molar-refractivity contribution in [2.24, 2.45) is 0 Å². The molecule has 1 aromatic rings. The Bertz CT molecular complexity index is 490. The zero-order chi connectivity index (χ0) is 16.7. The van der Waals surface area contributed by atoms with Gasteiger partial charge in [-0.1, -0.05) is 41.5 Å². The molecule has 0 heterocycles. The van der Waals surface area contributed by atoms with Crippen LogP contribution in [0.2, 0.25) is 16.6 Å². The van der Waals surface area contributed by atoms with Gasteiger partial charge in [-0.05, 0) is 16.6 Å². The summed E-state index contributed by atoms with van der Waals surface area (Å²) < 4.78 is 56.6. The van der Waals surface area contributed by atoms with Crippen molar-refractivity contribution in [2.45, 2.75) is 58.2 Å². The van der Waals surface area contributed by atoms with E-state index in [1.165, 1.54) is 0 Å². The zero-order valence-corrected chi connectivity index (χ0v) is 14.3. The molecule has 0 nitrogen and oxygen atoms in total. The van der Waals surface area contributed by atoms with Crippen LogP contribution >= 0.6 is 0 Å². The lowest BCUT2D eigenvalue weighted by atomic mass is 9.94. The maximum atomic E-state index is 14.5. The second kappa shape index (κ2) is 6.15. The van der Waals surface area contributed by atoms with Crippen LogP contribution in [0, 0.1) is 23.3 Å². The van der Waals surface area contributed by atoms with Crippen LogP contribution in [-0.2, 0) is 0 Å². The second-order valence-corrected chi connectivity index (χ2v) is 12.3. The van der Waals surface area contributed by atoms with Gasteiger partial charge in [-0.25, -0.2) is 23.0 Å². The van der Waals surface area contributed by atoms with E-state index in [1.54, 1.807) is 0 Å². The smallest absolute Gasteiger partial charge is 0.157 e. The monoisotopic (exact) mass is 316 g/mol. The molecule has 0 saturated heterocycles. The lowest BCUT2D eigenvalue weighted by Crippen LogP contribution is -2.59. The van der Waals surface area contributed by atoms with Gasteiger partial charge in [-0.15, -0.1) is 0 Å².